The molecule has 136 valence electrons. The van der Waals surface area contributed by atoms with Gasteiger partial charge in [-0.05, 0) is 39.0 Å². The first-order valence-corrected chi connectivity index (χ1v) is 8.33. The summed E-state index contributed by atoms with van der Waals surface area (Å²) in [6.45, 7) is 5.30. The largest absolute Gasteiger partial charge is 0.449 e. The molecule has 0 unspecified atom stereocenters. The van der Waals surface area contributed by atoms with E-state index < -0.39 is 12.1 Å². The molecule has 0 amide bonds. The third kappa shape index (κ3) is 3.03. The molecule has 0 spiro atoms. The van der Waals surface area contributed by atoms with Crippen molar-refractivity contribution in [3.8, 4) is 0 Å². The van der Waals surface area contributed by atoms with Crippen LogP contribution >= 0.6 is 0 Å². The molecule has 0 aliphatic carbocycles. The van der Waals surface area contributed by atoms with Crippen LogP contribution < -0.4 is 5.56 Å². The Balaban J connectivity index is 1.63. The fourth-order valence-electron chi connectivity index (χ4n) is 2.82. The average molecular weight is 364 g/mol. The Morgan fingerprint density at radius 2 is 1.96 bits per heavy atom. The lowest BCUT2D eigenvalue weighted by atomic mass is 10.2. The highest BCUT2D eigenvalue weighted by atomic mass is 16.5. The highest BCUT2D eigenvalue weighted by Gasteiger charge is 2.21. The topological polar surface area (TPSA) is 115 Å². The number of fused-ring (bicyclic) bond motifs is 2. The third-order valence-electron chi connectivity index (χ3n) is 4.10. The number of hydrogen-bond acceptors (Lipinski definition) is 7. The molecule has 0 fully saturated rings. The minimum absolute atomic E-state index is 0.105. The predicted molar refractivity (Wildman–Crippen MR) is 96.5 cm³/mol. The molecule has 9 heteroatoms. The fourth-order valence-corrected chi connectivity index (χ4v) is 2.82. The molecular formula is C18H16N6O3. The second kappa shape index (κ2) is 6.27. The molecule has 1 aromatic carbocycles. The van der Waals surface area contributed by atoms with Gasteiger partial charge in [0.15, 0.2) is 11.9 Å². The van der Waals surface area contributed by atoms with Crippen molar-refractivity contribution >= 4 is 22.6 Å². The molecule has 9 nitrogen and oxygen atoms in total. The van der Waals surface area contributed by atoms with Gasteiger partial charge < -0.3 is 9.72 Å². The van der Waals surface area contributed by atoms with Crippen molar-refractivity contribution in [2.24, 2.45) is 0 Å². The average Bonchev–Trinajstić information content (AvgIpc) is 3.06. The number of aryl methyl sites for hydroxylation is 2. The van der Waals surface area contributed by atoms with E-state index in [2.05, 4.69) is 25.0 Å². The molecule has 0 aliphatic rings. The Bertz CT molecular complexity index is 1240. The summed E-state index contributed by atoms with van der Waals surface area (Å²) < 4.78 is 6.86. The van der Waals surface area contributed by atoms with Crippen molar-refractivity contribution in [2.45, 2.75) is 26.9 Å². The Labute approximate surface area is 153 Å². The minimum Gasteiger partial charge on any atom is -0.449 e. The fraction of sp³-hybridized carbons (Fsp3) is 0.222. The molecule has 0 bridgehead atoms. The maximum atomic E-state index is 12.4. The third-order valence-corrected chi connectivity index (χ3v) is 4.10. The van der Waals surface area contributed by atoms with E-state index >= 15 is 0 Å². The lowest BCUT2D eigenvalue weighted by Crippen LogP contribution is -2.18. The number of aromatic amines is 1. The van der Waals surface area contributed by atoms with Crippen molar-refractivity contribution < 1.29 is 9.53 Å². The van der Waals surface area contributed by atoms with E-state index in [1.807, 2.05) is 19.9 Å². The molecule has 0 radical (unpaired) electrons. The zero-order valence-electron chi connectivity index (χ0n) is 14.9. The number of para-hydroxylation sites is 1. The van der Waals surface area contributed by atoms with E-state index in [-0.39, 0.29) is 17.2 Å². The van der Waals surface area contributed by atoms with Crippen LogP contribution in [0.15, 0.2) is 35.1 Å². The van der Waals surface area contributed by atoms with Crippen LogP contribution in [-0.4, -0.2) is 35.5 Å². The molecule has 1 N–H and O–H groups in total. The smallest absolute Gasteiger partial charge is 0.379 e. The van der Waals surface area contributed by atoms with E-state index in [9.17, 15) is 9.59 Å². The minimum atomic E-state index is -0.780. The molecule has 4 rings (SSSR count). The zero-order valence-corrected chi connectivity index (χ0v) is 14.9. The van der Waals surface area contributed by atoms with E-state index in [0.717, 1.165) is 11.4 Å². The van der Waals surface area contributed by atoms with E-state index in [4.69, 9.17) is 4.74 Å². The maximum absolute atomic E-state index is 12.4. The predicted octanol–water partition coefficient (Wildman–Crippen LogP) is 1.90. The Kier molecular flexibility index (Phi) is 3.91. The van der Waals surface area contributed by atoms with Crippen molar-refractivity contribution in [3.63, 3.8) is 0 Å². The van der Waals surface area contributed by atoms with Gasteiger partial charge in [0.2, 0.25) is 0 Å². The number of aromatic nitrogens is 6. The summed E-state index contributed by atoms with van der Waals surface area (Å²) >= 11 is 0. The Morgan fingerprint density at radius 1 is 1.19 bits per heavy atom. The quantitative estimate of drug-likeness (QED) is 0.552. The number of nitrogens with one attached hydrogen (secondary N) is 1. The summed E-state index contributed by atoms with van der Waals surface area (Å²) in [7, 11) is 0. The van der Waals surface area contributed by atoms with Crippen LogP contribution in [0.2, 0.25) is 0 Å². The molecule has 1 atom stereocenters. The van der Waals surface area contributed by atoms with Crippen LogP contribution in [0.25, 0.3) is 16.7 Å². The molecule has 0 saturated heterocycles. The number of benzene rings is 1. The van der Waals surface area contributed by atoms with E-state index in [0.29, 0.717) is 16.7 Å². The lowest BCUT2D eigenvalue weighted by Gasteiger charge is -2.11. The van der Waals surface area contributed by atoms with Gasteiger partial charge in [0.1, 0.15) is 0 Å². The van der Waals surface area contributed by atoms with Crippen LogP contribution in [-0.2, 0) is 4.74 Å². The van der Waals surface area contributed by atoms with Crippen molar-refractivity contribution in [3.05, 3.63) is 63.7 Å². The van der Waals surface area contributed by atoms with Crippen LogP contribution in [0, 0.1) is 13.8 Å². The van der Waals surface area contributed by atoms with Gasteiger partial charge in [-0.25, -0.2) is 19.3 Å². The molecule has 27 heavy (non-hydrogen) atoms. The Morgan fingerprint density at radius 3 is 2.78 bits per heavy atom. The first-order valence-electron chi connectivity index (χ1n) is 8.33. The first kappa shape index (κ1) is 16.8. The van der Waals surface area contributed by atoms with Crippen LogP contribution in [0.5, 0.6) is 0 Å². The number of hydrogen-bond donors (Lipinski definition) is 1. The molecule has 4 aromatic rings. The van der Waals surface area contributed by atoms with Crippen LogP contribution in [0.1, 0.15) is 40.9 Å². The monoisotopic (exact) mass is 364 g/mol. The summed E-state index contributed by atoms with van der Waals surface area (Å²) in [6.07, 6.45) is -0.780. The number of carbonyl (C=O) groups is 1. The highest BCUT2D eigenvalue weighted by molar-refractivity contribution is 5.85. The van der Waals surface area contributed by atoms with Gasteiger partial charge in [-0.2, -0.15) is 4.98 Å². The van der Waals surface area contributed by atoms with Gasteiger partial charge in [0.05, 0.1) is 10.9 Å². The van der Waals surface area contributed by atoms with Crippen molar-refractivity contribution in [1.29, 1.82) is 0 Å². The number of rotatable bonds is 3. The molecule has 0 aliphatic heterocycles. The van der Waals surface area contributed by atoms with E-state index in [1.165, 1.54) is 4.52 Å². The first-order chi connectivity index (χ1) is 12.9. The molecule has 3 heterocycles. The summed E-state index contributed by atoms with van der Waals surface area (Å²) in [5.41, 5.74) is 1.82. The van der Waals surface area contributed by atoms with Crippen molar-refractivity contribution in [2.75, 3.05) is 0 Å². The summed E-state index contributed by atoms with van der Waals surface area (Å²) in [5, 5.41) is 4.61. The van der Waals surface area contributed by atoms with E-state index in [1.54, 1.807) is 31.2 Å². The van der Waals surface area contributed by atoms with Gasteiger partial charge in [0, 0.05) is 11.4 Å². The normalized spacial score (nSPS) is 12.4. The van der Waals surface area contributed by atoms with Crippen molar-refractivity contribution in [1.82, 2.24) is 29.5 Å². The lowest BCUT2D eigenvalue weighted by molar-refractivity contribution is 0.0305. The second-order valence-electron chi connectivity index (χ2n) is 6.20. The summed E-state index contributed by atoms with van der Waals surface area (Å²) in [4.78, 5) is 40.0. The van der Waals surface area contributed by atoms with Gasteiger partial charge in [-0.1, -0.05) is 12.1 Å². The maximum Gasteiger partial charge on any atom is 0.379 e. The van der Waals surface area contributed by atoms with Crippen LogP contribution in [0.4, 0.5) is 0 Å². The summed E-state index contributed by atoms with van der Waals surface area (Å²) in [5.74, 6) is -0.252. The number of nitrogens with zero attached hydrogens (tertiary/aromatic N) is 5. The molecule has 0 saturated carbocycles. The zero-order chi connectivity index (χ0) is 19.1. The number of ether oxygens (including phenoxy) is 1. The second-order valence-corrected chi connectivity index (χ2v) is 6.20. The molecular weight excluding hydrogens is 348 g/mol. The Hall–Kier alpha value is -3.62. The van der Waals surface area contributed by atoms with Gasteiger partial charge >= 0.3 is 5.97 Å². The van der Waals surface area contributed by atoms with Crippen LogP contribution in [0.3, 0.4) is 0 Å². The SMILES string of the molecule is Cc1cc(C)n2nc(C(=O)O[C@@H](C)c3nc4ccccc4c(=O)[nH]3)nc2n1. The van der Waals surface area contributed by atoms with Gasteiger partial charge in [-0.15, -0.1) is 5.10 Å². The standard InChI is InChI=1S/C18H16N6O3/c1-9-8-10(2)24-18(19-9)22-15(23-24)17(26)27-11(3)14-20-13-7-5-4-6-12(13)16(25)21-14/h4-8,11H,1-3H3,(H,20,21,25)/t11-/m0/s1. The number of carbonyl (C=O) groups excluding carboxylic acids is 1. The van der Waals surface area contributed by atoms with Gasteiger partial charge in [-0.3, -0.25) is 4.79 Å². The van der Waals surface area contributed by atoms with Gasteiger partial charge in [0.25, 0.3) is 17.2 Å². The summed E-state index contributed by atoms with van der Waals surface area (Å²) in [6, 6.07) is 8.79. The highest BCUT2D eigenvalue weighted by Crippen LogP contribution is 2.16. The number of H-pyrrole nitrogens is 1. The number of esters is 1. The molecule has 3 aromatic heterocycles.